The topological polar surface area (TPSA) is 120 Å². The molecule has 1 saturated carbocycles. The van der Waals surface area contributed by atoms with Gasteiger partial charge in [0.25, 0.3) is 0 Å². The van der Waals surface area contributed by atoms with Gasteiger partial charge < -0.3 is 20.2 Å². The summed E-state index contributed by atoms with van der Waals surface area (Å²) in [4.78, 5) is 40.3. The number of aromatic nitrogens is 4. The van der Waals surface area contributed by atoms with Crippen LogP contribution in [0.2, 0.25) is 0 Å². The minimum absolute atomic E-state index is 0.00502. The third kappa shape index (κ3) is 3.89. The standard InChI is InChI=1S/C23H30N8O3/c1-3-20(33)30-8-7-19(17-5-4-6-18(17)30)31-13-15-11-24-22(27-21(15)28(2)23(31)34)26-16-12-25-29(14-16)9-10-32/h3,11-12,14,17-19,32H,1,4-10,13H2,2H3,(H,24,26,27)/t17-,18?,19+/m1/s1. The first-order chi connectivity index (χ1) is 16.5. The second-order valence-corrected chi connectivity index (χ2v) is 9.11. The van der Waals surface area contributed by atoms with Crippen LogP contribution in [0.5, 0.6) is 0 Å². The second kappa shape index (κ2) is 9.05. The van der Waals surface area contributed by atoms with Crippen LogP contribution >= 0.6 is 0 Å². The number of aliphatic hydroxyl groups is 1. The lowest BCUT2D eigenvalue weighted by Gasteiger charge is -2.48. The van der Waals surface area contributed by atoms with E-state index in [1.54, 1.807) is 35.2 Å². The largest absolute Gasteiger partial charge is 0.394 e. The molecule has 2 N–H and O–H groups in total. The molecule has 1 saturated heterocycles. The predicted octanol–water partition coefficient (Wildman–Crippen LogP) is 1.74. The zero-order valence-corrected chi connectivity index (χ0v) is 19.3. The van der Waals surface area contributed by atoms with Crippen molar-refractivity contribution in [2.24, 2.45) is 5.92 Å². The molecule has 4 heterocycles. The first kappa shape index (κ1) is 22.3. The van der Waals surface area contributed by atoms with E-state index in [9.17, 15) is 9.59 Å². The van der Waals surface area contributed by atoms with E-state index in [0.29, 0.717) is 37.1 Å². The van der Waals surface area contributed by atoms with Crippen molar-refractivity contribution in [2.45, 2.75) is 50.9 Å². The molecule has 1 aliphatic carbocycles. The molecule has 0 spiro atoms. The molecule has 3 aliphatic rings. The summed E-state index contributed by atoms with van der Waals surface area (Å²) in [6, 6.07) is 0.171. The number of nitrogens with one attached hydrogen (secondary N) is 1. The van der Waals surface area contributed by atoms with E-state index < -0.39 is 0 Å². The third-order valence-corrected chi connectivity index (χ3v) is 7.20. The molecule has 2 aromatic rings. The third-order valence-electron chi connectivity index (χ3n) is 7.20. The highest BCUT2D eigenvalue weighted by Gasteiger charge is 2.47. The van der Waals surface area contributed by atoms with Crippen LogP contribution in [0.15, 0.2) is 31.2 Å². The summed E-state index contributed by atoms with van der Waals surface area (Å²) in [6.45, 7) is 5.16. The van der Waals surface area contributed by atoms with Gasteiger partial charge in [0.1, 0.15) is 5.82 Å². The fourth-order valence-electron chi connectivity index (χ4n) is 5.67. The van der Waals surface area contributed by atoms with Crippen molar-refractivity contribution >= 4 is 29.4 Å². The van der Waals surface area contributed by atoms with Crippen LogP contribution in [-0.4, -0.2) is 78.9 Å². The van der Waals surface area contributed by atoms with Crippen molar-refractivity contribution in [3.8, 4) is 0 Å². The Balaban J connectivity index is 1.34. The highest BCUT2D eigenvalue weighted by atomic mass is 16.3. The van der Waals surface area contributed by atoms with E-state index in [1.807, 2.05) is 9.80 Å². The Hall–Kier alpha value is -3.47. The van der Waals surface area contributed by atoms with Crippen LogP contribution < -0.4 is 10.2 Å². The van der Waals surface area contributed by atoms with Gasteiger partial charge in [-0.1, -0.05) is 13.0 Å². The van der Waals surface area contributed by atoms with E-state index in [1.165, 1.54) is 6.08 Å². The van der Waals surface area contributed by atoms with Crippen LogP contribution in [0.1, 0.15) is 31.2 Å². The van der Waals surface area contributed by atoms with Gasteiger partial charge in [0.15, 0.2) is 0 Å². The Labute approximate surface area is 198 Å². The number of hydrogen-bond acceptors (Lipinski definition) is 7. The van der Waals surface area contributed by atoms with Crippen molar-refractivity contribution in [2.75, 3.05) is 30.4 Å². The predicted molar refractivity (Wildman–Crippen MR) is 125 cm³/mol. The number of urea groups is 1. The molecule has 11 heteroatoms. The van der Waals surface area contributed by atoms with E-state index in [0.717, 1.165) is 31.2 Å². The molecule has 3 amide bonds. The zero-order chi connectivity index (χ0) is 23.8. The summed E-state index contributed by atoms with van der Waals surface area (Å²) in [6.07, 6.45) is 10.4. The Morgan fingerprint density at radius 2 is 2.15 bits per heavy atom. The number of amides is 3. The molecule has 1 unspecified atom stereocenters. The van der Waals surface area contributed by atoms with E-state index in [2.05, 4.69) is 27.0 Å². The second-order valence-electron chi connectivity index (χ2n) is 9.11. The number of carbonyl (C=O) groups is 2. The van der Waals surface area contributed by atoms with Crippen LogP contribution in [0, 0.1) is 5.92 Å². The number of anilines is 3. The van der Waals surface area contributed by atoms with Gasteiger partial charge in [-0.05, 0) is 31.3 Å². The Morgan fingerprint density at radius 1 is 1.29 bits per heavy atom. The number of rotatable bonds is 6. The molecule has 2 aromatic heterocycles. The SMILES string of the molecule is C=CC(=O)N1CC[C@H](N2Cc3cnc(Nc4cnn(CCO)c4)nc3N(C)C2=O)[C@@H]2CCCC21. The van der Waals surface area contributed by atoms with Crippen LogP contribution in [0.25, 0.3) is 0 Å². The number of aliphatic hydroxyl groups excluding tert-OH is 1. The van der Waals surface area contributed by atoms with E-state index >= 15 is 0 Å². The molecule has 0 aromatic carbocycles. The number of piperidine rings is 1. The Kier molecular flexibility index (Phi) is 5.94. The Morgan fingerprint density at radius 3 is 2.94 bits per heavy atom. The van der Waals surface area contributed by atoms with Gasteiger partial charge in [-0.15, -0.1) is 0 Å². The minimum Gasteiger partial charge on any atom is -0.394 e. The monoisotopic (exact) mass is 466 g/mol. The summed E-state index contributed by atoms with van der Waals surface area (Å²) in [7, 11) is 1.74. The average Bonchev–Trinajstić information content (AvgIpc) is 3.51. The number of nitrogens with zero attached hydrogens (tertiary/aromatic N) is 7. The van der Waals surface area contributed by atoms with Gasteiger partial charge in [-0.25, -0.2) is 9.78 Å². The average molecular weight is 467 g/mol. The lowest BCUT2D eigenvalue weighted by molar-refractivity contribution is -0.131. The van der Waals surface area contributed by atoms with Crippen LogP contribution in [-0.2, 0) is 17.9 Å². The lowest BCUT2D eigenvalue weighted by atomic mass is 9.85. The molecular weight excluding hydrogens is 436 g/mol. The molecular formula is C23H30N8O3. The van der Waals surface area contributed by atoms with Crippen molar-refractivity contribution in [3.63, 3.8) is 0 Å². The fourth-order valence-corrected chi connectivity index (χ4v) is 5.67. The van der Waals surface area contributed by atoms with E-state index in [-0.39, 0.29) is 36.5 Å². The maximum absolute atomic E-state index is 13.4. The van der Waals surface area contributed by atoms with Crippen molar-refractivity contribution in [1.82, 2.24) is 29.5 Å². The molecule has 5 rings (SSSR count). The van der Waals surface area contributed by atoms with Gasteiger partial charge in [-0.2, -0.15) is 10.1 Å². The number of hydrogen-bond donors (Lipinski definition) is 2. The van der Waals surface area contributed by atoms with Crippen LogP contribution in [0.4, 0.5) is 22.2 Å². The molecule has 180 valence electrons. The van der Waals surface area contributed by atoms with Gasteiger partial charge in [-0.3, -0.25) is 14.4 Å². The molecule has 2 fully saturated rings. The first-order valence-corrected chi connectivity index (χ1v) is 11.7. The zero-order valence-electron chi connectivity index (χ0n) is 19.3. The van der Waals surface area contributed by atoms with Crippen molar-refractivity contribution in [3.05, 3.63) is 36.8 Å². The maximum atomic E-state index is 13.4. The summed E-state index contributed by atoms with van der Waals surface area (Å²) < 4.78 is 1.62. The van der Waals surface area contributed by atoms with Gasteiger partial charge in [0.05, 0.1) is 31.6 Å². The van der Waals surface area contributed by atoms with E-state index in [4.69, 9.17) is 5.11 Å². The van der Waals surface area contributed by atoms with Gasteiger partial charge >= 0.3 is 6.03 Å². The highest BCUT2D eigenvalue weighted by Crippen LogP contribution is 2.41. The number of carbonyl (C=O) groups excluding carboxylic acids is 2. The summed E-state index contributed by atoms with van der Waals surface area (Å²) in [5, 5.41) is 16.3. The van der Waals surface area contributed by atoms with Crippen LogP contribution in [0.3, 0.4) is 0 Å². The molecule has 3 atom stereocenters. The number of likely N-dealkylation sites (tertiary alicyclic amines) is 1. The molecule has 11 nitrogen and oxygen atoms in total. The van der Waals surface area contributed by atoms with Gasteiger partial charge in [0, 0.05) is 43.6 Å². The minimum atomic E-state index is -0.0768. The van der Waals surface area contributed by atoms with Crippen molar-refractivity contribution in [1.29, 1.82) is 0 Å². The summed E-state index contributed by atoms with van der Waals surface area (Å²) >= 11 is 0. The molecule has 0 bridgehead atoms. The van der Waals surface area contributed by atoms with Crippen molar-refractivity contribution < 1.29 is 14.7 Å². The summed E-state index contributed by atoms with van der Waals surface area (Å²) in [5.41, 5.74) is 1.59. The normalized spacial score (nSPS) is 24.1. The highest BCUT2D eigenvalue weighted by molar-refractivity contribution is 5.93. The smallest absolute Gasteiger partial charge is 0.325 e. The first-order valence-electron chi connectivity index (χ1n) is 11.7. The number of fused-ring (bicyclic) bond motifs is 2. The fraction of sp³-hybridized carbons (Fsp3) is 0.522. The lowest BCUT2D eigenvalue weighted by Crippen LogP contribution is -2.59. The Bertz CT molecular complexity index is 1100. The molecule has 2 aliphatic heterocycles. The maximum Gasteiger partial charge on any atom is 0.325 e. The molecule has 34 heavy (non-hydrogen) atoms. The van der Waals surface area contributed by atoms with Gasteiger partial charge in [0.2, 0.25) is 11.9 Å². The quantitative estimate of drug-likeness (QED) is 0.622. The molecule has 0 radical (unpaired) electrons. The summed E-state index contributed by atoms with van der Waals surface area (Å²) in [5.74, 6) is 1.22.